The van der Waals surface area contributed by atoms with Crippen LogP contribution in [0.5, 0.6) is 0 Å². The van der Waals surface area contributed by atoms with Crippen molar-refractivity contribution in [3.8, 4) is 0 Å². The lowest BCUT2D eigenvalue weighted by Crippen LogP contribution is -2.53. The highest BCUT2D eigenvalue weighted by atomic mass is 35.5. The summed E-state index contributed by atoms with van der Waals surface area (Å²) in [7, 11) is 3.84. The molecule has 1 heterocycles. The molecule has 0 aromatic heterocycles. The summed E-state index contributed by atoms with van der Waals surface area (Å²) in [6.45, 7) is 3.63. The van der Waals surface area contributed by atoms with Gasteiger partial charge in [0.1, 0.15) is 0 Å². The molecular weight excluding hydrogens is 316 g/mol. The zero-order chi connectivity index (χ0) is 16.8. The number of likely N-dealkylation sites (N-methyl/N-ethyl adjacent to an activating group) is 1. The third-order valence-electron chi connectivity index (χ3n) is 3.78. The van der Waals surface area contributed by atoms with Crippen LogP contribution in [0.1, 0.15) is 0 Å². The Labute approximate surface area is 142 Å². The van der Waals surface area contributed by atoms with Crippen molar-refractivity contribution >= 4 is 29.1 Å². The van der Waals surface area contributed by atoms with Crippen molar-refractivity contribution in [1.29, 1.82) is 0 Å². The van der Waals surface area contributed by atoms with Gasteiger partial charge in [0.05, 0.1) is 0 Å². The standard InChI is InChI=1S/C16H23ClN4O2/c1-19(2)7-6-18-15(22)16(23)21-10-8-20(9-11-21)14-5-3-4-13(17)12-14/h3-5,12H,6-11H2,1-2H3,(H,18,22). The average molecular weight is 339 g/mol. The Kier molecular flexibility index (Phi) is 6.24. The minimum Gasteiger partial charge on any atom is -0.368 e. The average Bonchev–Trinajstić information content (AvgIpc) is 2.54. The predicted octanol–water partition coefficient (Wildman–Crippen LogP) is 0.666. The largest absolute Gasteiger partial charge is 0.368 e. The van der Waals surface area contributed by atoms with Gasteiger partial charge >= 0.3 is 11.8 Å². The molecule has 0 spiro atoms. The van der Waals surface area contributed by atoms with Crippen LogP contribution in [-0.2, 0) is 9.59 Å². The van der Waals surface area contributed by atoms with Crippen LogP contribution in [0.2, 0.25) is 5.02 Å². The van der Waals surface area contributed by atoms with Gasteiger partial charge in [0, 0.05) is 50.0 Å². The first-order valence-electron chi connectivity index (χ1n) is 7.69. The van der Waals surface area contributed by atoms with Gasteiger partial charge in [-0.15, -0.1) is 0 Å². The molecule has 1 saturated heterocycles. The van der Waals surface area contributed by atoms with Gasteiger partial charge in [-0.2, -0.15) is 0 Å². The topological polar surface area (TPSA) is 55.9 Å². The second-order valence-corrected chi connectivity index (χ2v) is 6.25. The molecule has 6 nitrogen and oxygen atoms in total. The molecule has 1 aromatic carbocycles. The number of hydrogen-bond donors (Lipinski definition) is 1. The lowest BCUT2D eigenvalue weighted by Gasteiger charge is -2.35. The summed E-state index contributed by atoms with van der Waals surface area (Å²) in [5.41, 5.74) is 1.04. The molecular formula is C16H23ClN4O2. The Morgan fingerprint density at radius 1 is 1.22 bits per heavy atom. The molecule has 1 aliphatic heterocycles. The number of nitrogens with zero attached hydrogens (tertiary/aromatic N) is 3. The molecule has 0 atom stereocenters. The third-order valence-corrected chi connectivity index (χ3v) is 4.01. The van der Waals surface area contributed by atoms with Crippen molar-refractivity contribution in [3.63, 3.8) is 0 Å². The van der Waals surface area contributed by atoms with Crippen LogP contribution in [0.25, 0.3) is 0 Å². The maximum Gasteiger partial charge on any atom is 0.312 e. The molecule has 0 radical (unpaired) electrons. The number of hydrogen-bond acceptors (Lipinski definition) is 4. The summed E-state index contributed by atoms with van der Waals surface area (Å²) < 4.78 is 0. The molecule has 0 unspecified atom stereocenters. The highest BCUT2D eigenvalue weighted by molar-refractivity contribution is 6.35. The van der Waals surface area contributed by atoms with E-state index in [-0.39, 0.29) is 0 Å². The lowest BCUT2D eigenvalue weighted by molar-refractivity contribution is -0.146. The monoisotopic (exact) mass is 338 g/mol. The summed E-state index contributed by atoms with van der Waals surface area (Å²) in [6.07, 6.45) is 0. The summed E-state index contributed by atoms with van der Waals surface area (Å²) in [4.78, 5) is 29.7. The van der Waals surface area contributed by atoms with Crippen LogP contribution in [0.4, 0.5) is 5.69 Å². The zero-order valence-corrected chi connectivity index (χ0v) is 14.3. The third kappa shape index (κ3) is 5.11. The van der Waals surface area contributed by atoms with E-state index in [4.69, 9.17) is 11.6 Å². The summed E-state index contributed by atoms with van der Waals surface area (Å²) in [6, 6.07) is 7.65. The smallest absolute Gasteiger partial charge is 0.312 e. The second-order valence-electron chi connectivity index (χ2n) is 5.82. The maximum absolute atomic E-state index is 12.1. The fraction of sp³-hybridized carbons (Fsp3) is 0.500. The number of nitrogens with one attached hydrogen (secondary N) is 1. The molecule has 2 amide bonds. The van der Waals surface area contributed by atoms with Gasteiger partial charge < -0.3 is 20.0 Å². The van der Waals surface area contributed by atoms with E-state index in [1.165, 1.54) is 0 Å². The van der Waals surface area contributed by atoms with E-state index in [1.807, 2.05) is 43.3 Å². The quantitative estimate of drug-likeness (QED) is 0.820. The predicted molar refractivity (Wildman–Crippen MR) is 91.8 cm³/mol. The molecule has 23 heavy (non-hydrogen) atoms. The highest BCUT2D eigenvalue weighted by Crippen LogP contribution is 2.20. The summed E-state index contributed by atoms with van der Waals surface area (Å²) in [5.74, 6) is -0.974. The summed E-state index contributed by atoms with van der Waals surface area (Å²) >= 11 is 6.01. The number of carbonyl (C=O) groups excluding carboxylic acids is 2. The van der Waals surface area contributed by atoms with Gasteiger partial charge in [-0.25, -0.2) is 0 Å². The first-order valence-corrected chi connectivity index (χ1v) is 8.07. The number of amides is 2. The number of rotatable bonds is 4. The molecule has 1 aromatic rings. The number of carbonyl (C=O) groups is 2. The van der Waals surface area contributed by atoms with Crippen molar-refractivity contribution in [1.82, 2.24) is 15.1 Å². The minimum atomic E-state index is -0.525. The molecule has 1 aliphatic rings. The van der Waals surface area contributed by atoms with Gasteiger partial charge in [0.25, 0.3) is 0 Å². The van der Waals surface area contributed by atoms with E-state index in [2.05, 4.69) is 10.2 Å². The highest BCUT2D eigenvalue weighted by Gasteiger charge is 2.25. The second kappa shape index (κ2) is 8.17. The molecule has 1 fully saturated rings. The van der Waals surface area contributed by atoms with Crippen molar-refractivity contribution in [2.45, 2.75) is 0 Å². The number of piperazine rings is 1. The number of anilines is 1. The van der Waals surface area contributed by atoms with E-state index in [1.54, 1.807) is 4.90 Å². The van der Waals surface area contributed by atoms with E-state index in [0.29, 0.717) is 44.3 Å². The fourth-order valence-corrected chi connectivity index (χ4v) is 2.64. The number of benzene rings is 1. The van der Waals surface area contributed by atoms with Crippen molar-refractivity contribution < 1.29 is 9.59 Å². The van der Waals surface area contributed by atoms with Gasteiger partial charge in [0.2, 0.25) is 0 Å². The normalized spacial score (nSPS) is 15.0. The fourth-order valence-electron chi connectivity index (χ4n) is 2.45. The van der Waals surface area contributed by atoms with Crippen LogP contribution in [0, 0.1) is 0 Å². The molecule has 0 aliphatic carbocycles. The molecule has 7 heteroatoms. The van der Waals surface area contributed by atoms with Crippen molar-refractivity contribution in [2.24, 2.45) is 0 Å². The minimum absolute atomic E-state index is 0.450. The first kappa shape index (κ1) is 17.6. The van der Waals surface area contributed by atoms with Gasteiger partial charge in [-0.05, 0) is 32.3 Å². The Morgan fingerprint density at radius 3 is 2.52 bits per heavy atom. The van der Waals surface area contributed by atoms with Gasteiger partial charge in [-0.3, -0.25) is 9.59 Å². The maximum atomic E-state index is 12.1. The van der Waals surface area contributed by atoms with Crippen LogP contribution >= 0.6 is 11.6 Å². The lowest BCUT2D eigenvalue weighted by atomic mass is 10.2. The molecule has 0 saturated carbocycles. The van der Waals surface area contributed by atoms with E-state index in [0.717, 1.165) is 5.69 Å². The van der Waals surface area contributed by atoms with E-state index in [9.17, 15) is 9.59 Å². The van der Waals surface area contributed by atoms with Crippen molar-refractivity contribution in [3.05, 3.63) is 29.3 Å². The molecule has 126 valence electrons. The summed E-state index contributed by atoms with van der Waals surface area (Å²) in [5, 5.41) is 3.35. The first-order chi connectivity index (χ1) is 11.0. The van der Waals surface area contributed by atoms with Crippen LogP contribution < -0.4 is 10.2 Å². The Balaban J connectivity index is 1.81. The molecule has 1 N–H and O–H groups in total. The van der Waals surface area contributed by atoms with Crippen LogP contribution in [0.15, 0.2) is 24.3 Å². The molecule has 2 rings (SSSR count). The SMILES string of the molecule is CN(C)CCNC(=O)C(=O)N1CCN(c2cccc(Cl)c2)CC1. The molecule has 0 bridgehead atoms. The van der Waals surface area contributed by atoms with E-state index < -0.39 is 11.8 Å². The van der Waals surface area contributed by atoms with Gasteiger partial charge in [-0.1, -0.05) is 17.7 Å². The van der Waals surface area contributed by atoms with Gasteiger partial charge in [0.15, 0.2) is 0 Å². The Morgan fingerprint density at radius 2 is 1.91 bits per heavy atom. The Bertz CT molecular complexity index is 557. The van der Waals surface area contributed by atoms with Crippen LogP contribution in [-0.4, -0.2) is 75.0 Å². The van der Waals surface area contributed by atoms with E-state index >= 15 is 0 Å². The zero-order valence-electron chi connectivity index (χ0n) is 13.6. The van der Waals surface area contributed by atoms with Crippen LogP contribution in [0.3, 0.4) is 0 Å². The van der Waals surface area contributed by atoms with Crippen molar-refractivity contribution in [2.75, 3.05) is 58.3 Å². The number of halogens is 1. The Hall–Kier alpha value is -1.79.